The molecule has 8 N–H and O–H groups in total. The maximum Gasteiger partial charge on any atom is 0.188 e. The Labute approximate surface area is 192 Å². The van der Waals surface area contributed by atoms with E-state index in [9.17, 15) is 0 Å². The number of thioether (sulfide) groups is 2. The van der Waals surface area contributed by atoms with Crippen molar-refractivity contribution in [3.8, 4) is 0 Å². The van der Waals surface area contributed by atoms with Crippen molar-refractivity contribution in [3.63, 3.8) is 0 Å². The van der Waals surface area contributed by atoms with Crippen LogP contribution in [-0.2, 0) is 11.5 Å². The summed E-state index contributed by atoms with van der Waals surface area (Å²) in [6.45, 7) is 6.85. The fourth-order valence-electron chi connectivity index (χ4n) is 2.49. The molecule has 0 unspecified atom stereocenters. The Bertz CT molecular complexity index is 748. The molecule has 0 spiro atoms. The Morgan fingerprint density at radius 1 is 0.871 bits per heavy atom. The number of guanidine groups is 2. The first-order chi connectivity index (χ1) is 15.1. The van der Waals surface area contributed by atoms with Crippen LogP contribution in [0.5, 0.6) is 0 Å². The number of nitrogens with zero attached hydrogens (tertiary/aromatic N) is 4. The van der Waals surface area contributed by atoms with Crippen molar-refractivity contribution in [1.82, 2.24) is 30.6 Å². The van der Waals surface area contributed by atoms with E-state index in [0.29, 0.717) is 25.0 Å². The molecule has 0 radical (unpaired) electrons. The Balaban J connectivity index is 1.44. The fourth-order valence-corrected chi connectivity index (χ4v) is 4.24. The van der Waals surface area contributed by atoms with E-state index >= 15 is 0 Å². The van der Waals surface area contributed by atoms with E-state index in [-0.39, 0.29) is 0 Å². The quantitative estimate of drug-likeness (QED) is 0.137. The number of aryl methyl sites for hydroxylation is 2. The average molecular weight is 467 g/mol. The second-order valence-corrected chi connectivity index (χ2v) is 9.01. The normalized spacial score (nSPS) is 12.3. The van der Waals surface area contributed by atoms with Gasteiger partial charge in [0.1, 0.15) is 0 Å². The van der Waals surface area contributed by atoms with E-state index < -0.39 is 0 Å². The summed E-state index contributed by atoms with van der Waals surface area (Å²) in [5.41, 5.74) is 16.2. The SMILES string of the molecule is Cc1[nH]cnc1CSCCNC(N)=NCCCN=C(N)NCCSCc1nc[nH]c1C. The van der Waals surface area contributed by atoms with Crippen LogP contribution >= 0.6 is 23.5 Å². The summed E-state index contributed by atoms with van der Waals surface area (Å²) in [5, 5.41) is 6.25. The molecular formula is C19H34N10S2. The smallest absolute Gasteiger partial charge is 0.188 e. The number of aliphatic imine (C=N–C) groups is 2. The third-order valence-corrected chi connectivity index (χ3v) is 6.27. The minimum atomic E-state index is 0.468. The van der Waals surface area contributed by atoms with Gasteiger partial charge in [-0.2, -0.15) is 23.5 Å². The van der Waals surface area contributed by atoms with Crippen molar-refractivity contribution in [2.75, 3.05) is 37.7 Å². The third-order valence-electron chi connectivity index (χ3n) is 4.33. The predicted octanol–water partition coefficient (Wildman–Crippen LogP) is 1.11. The number of aromatic nitrogens is 4. The highest BCUT2D eigenvalue weighted by atomic mass is 32.2. The fraction of sp³-hybridized carbons (Fsp3) is 0.579. The van der Waals surface area contributed by atoms with E-state index in [2.05, 4.69) is 40.6 Å². The predicted molar refractivity (Wildman–Crippen MR) is 133 cm³/mol. The van der Waals surface area contributed by atoms with Crippen LogP contribution in [-0.4, -0.2) is 69.5 Å². The summed E-state index contributed by atoms with van der Waals surface area (Å²) in [6.07, 6.45) is 4.25. The minimum absolute atomic E-state index is 0.468. The first-order valence-electron chi connectivity index (χ1n) is 10.3. The zero-order valence-corrected chi connectivity index (χ0v) is 19.9. The number of imidazole rings is 2. The Morgan fingerprint density at radius 2 is 1.32 bits per heavy atom. The topological polar surface area (TPSA) is 158 Å². The average Bonchev–Trinajstić information content (AvgIpc) is 3.35. The van der Waals surface area contributed by atoms with Gasteiger partial charge in [-0.25, -0.2) is 9.97 Å². The van der Waals surface area contributed by atoms with Gasteiger partial charge in [-0.3, -0.25) is 9.98 Å². The molecule has 10 nitrogen and oxygen atoms in total. The first-order valence-corrected chi connectivity index (χ1v) is 12.6. The second-order valence-electron chi connectivity index (χ2n) is 6.79. The first kappa shape index (κ1) is 24.9. The maximum absolute atomic E-state index is 5.89. The largest absolute Gasteiger partial charge is 0.370 e. The van der Waals surface area contributed by atoms with Crippen LogP contribution < -0.4 is 22.1 Å². The van der Waals surface area contributed by atoms with Crippen LogP contribution in [0.15, 0.2) is 22.6 Å². The van der Waals surface area contributed by atoms with Gasteiger partial charge in [0.25, 0.3) is 0 Å². The van der Waals surface area contributed by atoms with Gasteiger partial charge in [0.2, 0.25) is 0 Å². The highest BCUT2D eigenvalue weighted by Crippen LogP contribution is 2.12. The standard InChI is InChI=1S/C19H34N10S2/c1-14-16(28-12-26-14)10-30-8-6-24-18(20)22-4-3-5-23-19(21)25-7-9-31-11-17-15(2)27-13-29-17/h12-13H,3-11H2,1-2H3,(H,26,28)(H,27,29)(H3,20,22,24)(H3,21,23,25). The van der Waals surface area contributed by atoms with Crippen LogP contribution in [0.25, 0.3) is 0 Å². The molecule has 0 aliphatic heterocycles. The van der Waals surface area contributed by atoms with Crippen molar-refractivity contribution in [3.05, 3.63) is 35.4 Å². The number of nitrogens with one attached hydrogen (secondary N) is 4. The molecule has 12 heteroatoms. The molecule has 2 aromatic heterocycles. The van der Waals surface area contributed by atoms with Crippen molar-refractivity contribution >= 4 is 35.4 Å². The van der Waals surface area contributed by atoms with Crippen LogP contribution in [0, 0.1) is 13.8 Å². The molecule has 0 saturated heterocycles. The highest BCUT2D eigenvalue weighted by molar-refractivity contribution is 7.98. The molecule has 0 aliphatic rings. The zero-order valence-electron chi connectivity index (χ0n) is 18.3. The zero-order chi connectivity index (χ0) is 22.3. The monoisotopic (exact) mass is 466 g/mol. The molecule has 31 heavy (non-hydrogen) atoms. The lowest BCUT2D eigenvalue weighted by Crippen LogP contribution is -2.34. The van der Waals surface area contributed by atoms with E-state index in [4.69, 9.17) is 11.5 Å². The molecule has 2 rings (SSSR count). The van der Waals surface area contributed by atoms with Gasteiger partial charge in [-0.15, -0.1) is 0 Å². The molecule has 0 fully saturated rings. The summed E-state index contributed by atoms with van der Waals surface area (Å²) in [5.74, 6) is 4.60. The van der Waals surface area contributed by atoms with E-state index in [1.807, 2.05) is 37.4 Å². The molecular weight excluding hydrogens is 432 g/mol. The maximum atomic E-state index is 5.89. The van der Waals surface area contributed by atoms with E-state index in [1.165, 1.54) is 0 Å². The van der Waals surface area contributed by atoms with Crippen molar-refractivity contribution in [1.29, 1.82) is 0 Å². The van der Waals surface area contributed by atoms with Crippen LogP contribution in [0.2, 0.25) is 0 Å². The van der Waals surface area contributed by atoms with Crippen molar-refractivity contribution < 1.29 is 0 Å². The Morgan fingerprint density at radius 3 is 1.71 bits per heavy atom. The summed E-state index contributed by atoms with van der Waals surface area (Å²) < 4.78 is 0. The van der Waals surface area contributed by atoms with Crippen molar-refractivity contribution in [2.45, 2.75) is 31.8 Å². The van der Waals surface area contributed by atoms with E-state index in [0.717, 1.165) is 65.3 Å². The lowest BCUT2D eigenvalue weighted by atomic mass is 10.4. The van der Waals surface area contributed by atoms with Gasteiger partial charge < -0.3 is 32.1 Å². The van der Waals surface area contributed by atoms with Gasteiger partial charge >= 0.3 is 0 Å². The van der Waals surface area contributed by atoms with Crippen LogP contribution in [0.1, 0.15) is 29.2 Å². The molecule has 0 aliphatic carbocycles. The summed E-state index contributed by atoms with van der Waals surface area (Å²) in [6, 6.07) is 0. The molecule has 0 aromatic carbocycles. The lowest BCUT2D eigenvalue weighted by Gasteiger charge is -2.06. The molecule has 2 heterocycles. The summed E-state index contributed by atoms with van der Waals surface area (Å²) >= 11 is 3.62. The number of hydrogen-bond donors (Lipinski definition) is 6. The molecule has 0 saturated carbocycles. The highest BCUT2D eigenvalue weighted by Gasteiger charge is 2.01. The van der Waals surface area contributed by atoms with Crippen LogP contribution in [0.4, 0.5) is 0 Å². The molecule has 0 amide bonds. The Hall–Kier alpha value is -2.34. The number of hydrogen-bond acceptors (Lipinski definition) is 6. The van der Waals surface area contributed by atoms with Gasteiger partial charge in [0.15, 0.2) is 11.9 Å². The molecule has 2 aromatic rings. The molecule has 0 atom stereocenters. The number of nitrogens with two attached hydrogens (primary N) is 2. The minimum Gasteiger partial charge on any atom is -0.370 e. The third kappa shape index (κ3) is 10.5. The number of rotatable bonds is 14. The summed E-state index contributed by atoms with van der Waals surface area (Å²) in [4.78, 5) is 23.4. The second kappa shape index (κ2) is 14.6. The number of H-pyrrole nitrogens is 2. The lowest BCUT2D eigenvalue weighted by molar-refractivity contribution is 0.821. The van der Waals surface area contributed by atoms with E-state index in [1.54, 1.807) is 12.7 Å². The van der Waals surface area contributed by atoms with Gasteiger partial charge in [-0.1, -0.05) is 0 Å². The van der Waals surface area contributed by atoms with Crippen LogP contribution in [0.3, 0.4) is 0 Å². The van der Waals surface area contributed by atoms with Gasteiger partial charge in [0.05, 0.1) is 24.0 Å². The molecule has 172 valence electrons. The molecule has 0 bridgehead atoms. The van der Waals surface area contributed by atoms with Gasteiger partial charge in [0, 0.05) is 60.6 Å². The van der Waals surface area contributed by atoms with Crippen molar-refractivity contribution in [2.24, 2.45) is 21.5 Å². The summed E-state index contributed by atoms with van der Waals surface area (Å²) in [7, 11) is 0. The Kier molecular flexibility index (Phi) is 11.8. The number of aromatic amines is 2. The van der Waals surface area contributed by atoms with Gasteiger partial charge in [-0.05, 0) is 20.3 Å².